The number of ether oxygens (including phenoxy) is 1. The lowest BCUT2D eigenvalue weighted by atomic mass is 9.94. The average Bonchev–Trinajstić information content (AvgIpc) is 3.49. The number of carbonyl (C=O) groups is 2. The van der Waals surface area contributed by atoms with Crippen molar-refractivity contribution < 1.29 is 18.8 Å². The van der Waals surface area contributed by atoms with Crippen LogP contribution in [0.2, 0.25) is 0 Å². The normalized spacial score (nSPS) is 18.0. The van der Waals surface area contributed by atoms with Gasteiger partial charge in [-0.2, -0.15) is 0 Å². The lowest BCUT2D eigenvalue weighted by molar-refractivity contribution is -0.141. The number of rotatable bonds is 3. The van der Waals surface area contributed by atoms with Gasteiger partial charge in [0.2, 0.25) is 5.91 Å². The van der Waals surface area contributed by atoms with E-state index in [1.165, 1.54) is 0 Å². The Morgan fingerprint density at radius 2 is 1.90 bits per heavy atom. The molecule has 0 unspecified atom stereocenters. The molecule has 2 amide bonds. The van der Waals surface area contributed by atoms with E-state index in [4.69, 9.17) is 9.26 Å². The van der Waals surface area contributed by atoms with Gasteiger partial charge in [0.1, 0.15) is 0 Å². The summed E-state index contributed by atoms with van der Waals surface area (Å²) in [4.78, 5) is 35.6. The molecule has 2 aliphatic heterocycles. The topological polar surface area (TPSA) is 88.8 Å². The summed E-state index contributed by atoms with van der Waals surface area (Å²) in [6, 6.07) is 5.76. The van der Waals surface area contributed by atoms with Crippen LogP contribution in [0.1, 0.15) is 28.9 Å². The van der Waals surface area contributed by atoms with Crippen molar-refractivity contribution in [3.05, 3.63) is 34.8 Å². The molecule has 0 aromatic carbocycles. The average molecular weight is 441 g/mol. The Bertz CT molecular complexity index is 1100. The predicted octanol–water partition coefficient (Wildman–Crippen LogP) is 2.97. The summed E-state index contributed by atoms with van der Waals surface area (Å²) in [5, 5.41) is 6.67. The fourth-order valence-corrected chi connectivity index (χ4v) is 5.04. The lowest BCUT2D eigenvalue weighted by Gasteiger charge is -2.35. The first kappa shape index (κ1) is 20.1. The number of morpholine rings is 1. The first-order valence-corrected chi connectivity index (χ1v) is 11.5. The van der Waals surface area contributed by atoms with E-state index in [9.17, 15) is 9.59 Å². The predicted molar refractivity (Wildman–Crippen MR) is 116 cm³/mol. The molecular formula is C22H24N4O4S. The minimum absolute atomic E-state index is 0.0291. The fraction of sp³-hybridized carbons (Fsp3) is 0.455. The van der Waals surface area contributed by atoms with Crippen LogP contribution in [-0.4, -0.2) is 71.1 Å². The number of piperidine rings is 1. The highest BCUT2D eigenvalue weighted by molar-refractivity contribution is 7.13. The first-order valence-electron chi connectivity index (χ1n) is 10.6. The Hall–Kier alpha value is -2.78. The second kappa shape index (κ2) is 8.39. The van der Waals surface area contributed by atoms with E-state index in [1.807, 2.05) is 40.3 Å². The molecule has 0 aliphatic carbocycles. The van der Waals surface area contributed by atoms with Crippen molar-refractivity contribution in [1.29, 1.82) is 0 Å². The molecule has 0 N–H and O–H groups in total. The van der Waals surface area contributed by atoms with Gasteiger partial charge in [-0.05, 0) is 37.3 Å². The van der Waals surface area contributed by atoms with E-state index in [0.29, 0.717) is 80.3 Å². The molecule has 0 radical (unpaired) electrons. The molecule has 0 spiro atoms. The van der Waals surface area contributed by atoms with Crippen LogP contribution >= 0.6 is 11.3 Å². The second-order valence-corrected chi connectivity index (χ2v) is 8.93. The summed E-state index contributed by atoms with van der Waals surface area (Å²) in [5.41, 5.74) is 2.30. The number of aryl methyl sites for hydroxylation is 1. The molecule has 2 fully saturated rings. The number of pyridine rings is 1. The Kier molecular flexibility index (Phi) is 5.45. The zero-order valence-electron chi connectivity index (χ0n) is 17.4. The molecular weight excluding hydrogens is 416 g/mol. The van der Waals surface area contributed by atoms with Gasteiger partial charge in [0.05, 0.1) is 40.4 Å². The maximum atomic E-state index is 13.5. The standard InChI is InChI=1S/C22H24N4O4S/c1-14-19-16(13-17(18-3-2-12-31-18)23-20(19)30-24-14)22(28)25-6-4-15(5-7-25)21(27)26-8-10-29-11-9-26/h2-3,12-13,15H,4-11H2,1H3. The van der Waals surface area contributed by atoms with Crippen LogP contribution in [0.5, 0.6) is 0 Å². The van der Waals surface area contributed by atoms with E-state index < -0.39 is 0 Å². The van der Waals surface area contributed by atoms with Crippen LogP contribution < -0.4 is 0 Å². The number of carbonyl (C=O) groups excluding carboxylic acids is 2. The maximum absolute atomic E-state index is 13.5. The van der Waals surface area contributed by atoms with Gasteiger partial charge in [-0.1, -0.05) is 11.2 Å². The zero-order valence-corrected chi connectivity index (χ0v) is 18.2. The van der Waals surface area contributed by atoms with Crippen molar-refractivity contribution in [1.82, 2.24) is 19.9 Å². The van der Waals surface area contributed by atoms with Crippen LogP contribution in [0.3, 0.4) is 0 Å². The third-order valence-corrected chi connectivity index (χ3v) is 6.97. The van der Waals surface area contributed by atoms with Gasteiger partial charge in [0.25, 0.3) is 11.6 Å². The number of aromatic nitrogens is 2. The molecule has 5 heterocycles. The van der Waals surface area contributed by atoms with Crippen molar-refractivity contribution in [2.75, 3.05) is 39.4 Å². The summed E-state index contributed by atoms with van der Waals surface area (Å²) in [7, 11) is 0. The van der Waals surface area contributed by atoms with Gasteiger partial charge in [-0.3, -0.25) is 9.59 Å². The number of fused-ring (bicyclic) bond motifs is 1. The van der Waals surface area contributed by atoms with Gasteiger partial charge >= 0.3 is 0 Å². The molecule has 0 bridgehead atoms. The van der Waals surface area contributed by atoms with E-state index in [0.717, 1.165) is 4.88 Å². The Balaban J connectivity index is 1.36. The molecule has 8 nitrogen and oxygen atoms in total. The van der Waals surface area contributed by atoms with E-state index >= 15 is 0 Å². The van der Waals surface area contributed by atoms with Crippen molar-refractivity contribution in [3.63, 3.8) is 0 Å². The van der Waals surface area contributed by atoms with Gasteiger partial charge in [0, 0.05) is 32.1 Å². The zero-order chi connectivity index (χ0) is 21.4. The molecule has 9 heteroatoms. The third kappa shape index (κ3) is 3.83. The minimum atomic E-state index is -0.0613. The van der Waals surface area contributed by atoms with Crippen molar-refractivity contribution in [2.45, 2.75) is 19.8 Å². The molecule has 0 atom stereocenters. The Morgan fingerprint density at radius 1 is 1.13 bits per heavy atom. The Labute approximate surface area is 183 Å². The smallest absolute Gasteiger partial charge is 0.259 e. The van der Waals surface area contributed by atoms with Crippen LogP contribution in [-0.2, 0) is 9.53 Å². The van der Waals surface area contributed by atoms with Crippen molar-refractivity contribution >= 4 is 34.3 Å². The van der Waals surface area contributed by atoms with Crippen LogP contribution in [0.4, 0.5) is 0 Å². The van der Waals surface area contributed by atoms with Crippen LogP contribution in [0, 0.1) is 12.8 Å². The van der Waals surface area contributed by atoms with Gasteiger partial charge < -0.3 is 19.1 Å². The van der Waals surface area contributed by atoms with E-state index in [1.54, 1.807) is 11.3 Å². The number of amides is 2. The summed E-state index contributed by atoms with van der Waals surface area (Å²) in [6.45, 7) is 5.46. The third-order valence-electron chi connectivity index (χ3n) is 6.08. The van der Waals surface area contributed by atoms with Gasteiger partial charge in [-0.25, -0.2) is 4.98 Å². The van der Waals surface area contributed by atoms with E-state index in [-0.39, 0.29) is 17.7 Å². The van der Waals surface area contributed by atoms with Gasteiger partial charge in [-0.15, -0.1) is 11.3 Å². The number of hydrogen-bond donors (Lipinski definition) is 0. The number of likely N-dealkylation sites (tertiary alicyclic amines) is 1. The molecule has 3 aromatic rings. The highest BCUT2D eigenvalue weighted by Crippen LogP contribution is 2.31. The molecule has 31 heavy (non-hydrogen) atoms. The Morgan fingerprint density at radius 3 is 2.61 bits per heavy atom. The van der Waals surface area contributed by atoms with Crippen LogP contribution in [0.25, 0.3) is 21.7 Å². The van der Waals surface area contributed by atoms with Gasteiger partial charge in [0.15, 0.2) is 0 Å². The SMILES string of the molecule is Cc1noc2nc(-c3cccs3)cc(C(=O)N3CCC(C(=O)N4CCOCC4)CC3)c12. The molecule has 2 saturated heterocycles. The summed E-state index contributed by atoms with van der Waals surface area (Å²) < 4.78 is 10.7. The molecule has 3 aromatic heterocycles. The van der Waals surface area contributed by atoms with E-state index in [2.05, 4.69) is 10.1 Å². The lowest BCUT2D eigenvalue weighted by Crippen LogP contribution is -2.47. The largest absolute Gasteiger partial charge is 0.378 e. The summed E-state index contributed by atoms with van der Waals surface area (Å²) >= 11 is 1.56. The number of thiophene rings is 1. The second-order valence-electron chi connectivity index (χ2n) is 7.98. The quantitative estimate of drug-likeness (QED) is 0.622. The molecule has 0 saturated carbocycles. The minimum Gasteiger partial charge on any atom is -0.378 e. The first-order chi connectivity index (χ1) is 15.1. The molecule has 162 valence electrons. The fourth-order valence-electron chi connectivity index (χ4n) is 4.36. The van der Waals surface area contributed by atoms with Crippen molar-refractivity contribution in [3.8, 4) is 10.6 Å². The highest BCUT2D eigenvalue weighted by atomic mass is 32.1. The molecule has 2 aliphatic rings. The summed E-state index contributed by atoms with van der Waals surface area (Å²) in [5.74, 6) is 0.101. The number of hydrogen-bond acceptors (Lipinski definition) is 7. The monoisotopic (exact) mass is 440 g/mol. The summed E-state index contributed by atoms with van der Waals surface area (Å²) in [6.07, 6.45) is 1.35. The maximum Gasteiger partial charge on any atom is 0.259 e. The van der Waals surface area contributed by atoms with Crippen molar-refractivity contribution in [2.24, 2.45) is 5.92 Å². The highest BCUT2D eigenvalue weighted by Gasteiger charge is 2.32. The van der Waals surface area contributed by atoms with Crippen LogP contribution in [0.15, 0.2) is 28.1 Å². The molecule has 5 rings (SSSR count). The number of nitrogens with zero attached hydrogens (tertiary/aromatic N) is 4.